The minimum absolute atomic E-state index is 0. The zero-order chi connectivity index (χ0) is 16.5. The van der Waals surface area contributed by atoms with Crippen LogP contribution >= 0.6 is 24.8 Å². The summed E-state index contributed by atoms with van der Waals surface area (Å²) in [6.45, 7) is 8.53. The van der Waals surface area contributed by atoms with Crippen LogP contribution in [0.2, 0.25) is 0 Å². The van der Waals surface area contributed by atoms with Crippen LogP contribution in [0.25, 0.3) is 0 Å². The molecule has 1 aromatic rings. The summed E-state index contributed by atoms with van der Waals surface area (Å²) in [5.41, 5.74) is 8.05. The number of amides is 1. The lowest BCUT2D eigenvalue weighted by Crippen LogP contribution is -2.47. The van der Waals surface area contributed by atoms with Gasteiger partial charge >= 0.3 is 0 Å². The number of carbonyl (C=O) groups is 1. The summed E-state index contributed by atoms with van der Waals surface area (Å²) in [6, 6.07) is 8.67. The Morgan fingerprint density at radius 2 is 1.88 bits per heavy atom. The van der Waals surface area contributed by atoms with Gasteiger partial charge in [-0.25, -0.2) is 0 Å². The molecule has 7 heteroatoms. The van der Waals surface area contributed by atoms with Crippen LogP contribution in [-0.4, -0.2) is 56.6 Å². The molecule has 1 amide bonds. The minimum atomic E-state index is 0. The highest BCUT2D eigenvalue weighted by Gasteiger charge is 2.17. The quantitative estimate of drug-likeness (QED) is 0.667. The molecule has 0 bridgehead atoms. The molecule has 2 rings (SSSR count). The Balaban J connectivity index is 0.00000288. The molecule has 0 aliphatic carbocycles. The molecule has 3 N–H and O–H groups in total. The van der Waals surface area contributed by atoms with E-state index >= 15 is 0 Å². The van der Waals surface area contributed by atoms with E-state index < -0.39 is 0 Å². The topological polar surface area (TPSA) is 61.6 Å². The smallest absolute Gasteiger partial charge is 0.221 e. The van der Waals surface area contributed by atoms with Crippen molar-refractivity contribution in [1.29, 1.82) is 0 Å². The lowest BCUT2D eigenvalue weighted by molar-refractivity contribution is -0.121. The van der Waals surface area contributed by atoms with Crippen molar-refractivity contribution in [1.82, 2.24) is 10.2 Å². The van der Waals surface area contributed by atoms with E-state index in [9.17, 15) is 4.79 Å². The third kappa shape index (κ3) is 8.77. The molecule has 25 heavy (non-hydrogen) atoms. The summed E-state index contributed by atoms with van der Waals surface area (Å²) in [6.07, 6.45) is 2.53. The van der Waals surface area contributed by atoms with Gasteiger partial charge < -0.3 is 16.0 Å². The van der Waals surface area contributed by atoms with E-state index in [0.717, 1.165) is 52.1 Å². The predicted octanol–water partition coefficient (Wildman–Crippen LogP) is 2.21. The summed E-state index contributed by atoms with van der Waals surface area (Å²) < 4.78 is 0. The van der Waals surface area contributed by atoms with Crippen molar-refractivity contribution in [3.05, 3.63) is 29.8 Å². The molecule has 0 spiro atoms. The molecule has 5 nitrogen and oxygen atoms in total. The Bertz CT molecular complexity index is 494. The molecular formula is C18H32Cl2N4O. The average Bonchev–Trinajstić information content (AvgIpc) is 2.57. The van der Waals surface area contributed by atoms with Gasteiger partial charge in [0, 0.05) is 51.4 Å². The van der Waals surface area contributed by atoms with Gasteiger partial charge in [-0.1, -0.05) is 12.1 Å². The maximum absolute atomic E-state index is 11.8. The molecule has 1 fully saturated rings. The number of nitrogens with two attached hydrogens (primary N) is 1. The minimum Gasteiger partial charge on any atom is -0.369 e. The van der Waals surface area contributed by atoms with E-state index in [1.165, 1.54) is 11.3 Å². The van der Waals surface area contributed by atoms with Crippen molar-refractivity contribution in [2.75, 3.05) is 50.7 Å². The number of halogens is 2. The first-order chi connectivity index (χ1) is 11.2. The molecule has 1 aliphatic heterocycles. The van der Waals surface area contributed by atoms with E-state index in [-0.39, 0.29) is 30.7 Å². The van der Waals surface area contributed by atoms with Gasteiger partial charge in [-0.3, -0.25) is 9.69 Å². The molecule has 1 heterocycles. The van der Waals surface area contributed by atoms with Crippen LogP contribution in [0.4, 0.5) is 5.69 Å². The van der Waals surface area contributed by atoms with Crippen molar-refractivity contribution in [3.8, 4) is 0 Å². The van der Waals surface area contributed by atoms with E-state index in [0.29, 0.717) is 13.0 Å². The van der Waals surface area contributed by atoms with Crippen LogP contribution in [0.15, 0.2) is 24.3 Å². The first kappa shape index (κ1) is 24.0. The molecular weight excluding hydrogens is 359 g/mol. The van der Waals surface area contributed by atoms with E-state index in [1.54, 1.807) is 0 Å². The number of hydrogen-bond donors (Lipinski definition) is 2. The Kier molecular flexibility index (Phi) is 12.7. The molecule has 1 saturated heterocycles. The first-order valence-corrected chi connectivity index (χ1v) is 8.70. The number of aryl methyl sites for hydroxylation is 1. The molecule has 1 aliphatic rings. The Labute approximate surface area is 164 Å². The van der Waals surface area contributed by atoms with Gasteiger partial charge in [0.2, 0.25) is 5.91 Å². The summed E-state index contributed by atoms with van der Waals surface area (Å²) >= 11 is 0. The summed E-state index contributed by atoms with van der Waals surface area (Å²) in [5.74, 6) is 0.156. The van der Waals surface area contributed by atoms with Crippen LogP contribution in [0.1, 0.15) is 24.8 Å². The SMILES string of the molecule is Cc1cccc(N2CCN(CCC(=O)NCCCCN)CC2)c1.Cl.Cl. The van der Waals surface area contributed by atoms with Gasteiger partial charge in [-0.2, -0.15) is 0 Å². The van der Waals surface area contributed by atoms with Crippen LogP contribution < -0.4 is 16.0 Å². The fourth-order valence-electron chi connectivity index (χ4n) is 2.90. The van der Waals surface area contributed by atoms with Gasteiger partial charge in [0.15, 0.2) is 0 Å². The zero-order valence-corrected chi connectivity index (χ0v) is 16.7. The largest absolute Gasteiger partial charge is 0.369 e. The third-order valence-electron chi connectivity index (χ3n) is 4.35. The number of unbranched alkanes of at least 4 members (excludes halogenated alkanes) is 1. The van der Waals surface area contributed by atoms with Crippen molar-refractivity contribution >= 4 is 36.4 Å². The lowest BCUT2D eigenvalue weighted by Gasteiger charge is -2.36. The fourth-order valence-corrected chi connectivity index (χ4v) is 2.90. The molecule has 1 aromatic carbocycles. The second-order valence-electron chi connectivity index (χ2n) is 6.26. The summed E-state index contributed by atoms with van der Waals surface area (Å²) in [5, 5.41) is 2.97. The second-order valence-corrected chi connectivity index (χ2v) is 6.26. The highest BCUT2D eigenvalue weighted by Crippen LogP contribution is 2.17. The monoisotopic (exact) mass is 390 g/mol. The first-order valence-electron chi connectivity index (χ1n) is 8.70. The number of rotatable bonds is 8. The lowest BCUT2D eigenvalue weighted by atomic mass is 10.2. The number of anilines is 1. The van der Waals surface area contributed by atoms with Crippen molar-refractivity contribution in [3.63, 3.8) is 0 Å². The molecule has 0 atom stereocenters. The van der Waals surface area contributed by atoms with Crippen molar-refractivity contribution in [2.45, 2.75) is 26.2 Å². The van der Waals surface area contributed by atoms with Crippen molar-refractivity contribution < 1.29 is 4.79 Å². The molecule has 0 unspecified atom stereocenters. The average molecular weight is 391 g/mol. The molecule has 0 radical (unpaired) electrons. The van der Waals surface area contributed by atoms with Crippen LogP contribution in [0.3, 0.4) is 0 Å². The Hall–Kier alpha value is -1.01. The maximum atomic E-state index is 11.8. The van der Waals surface area contributed by atoms with Gasteiger partial charge in [0.1, 0.15) is 0 Å². The number of hydrogen-bond acceptors (Lipinski definition) is 4. The van der Waals surface area contributed by atoms with Gasteiger partial charge in [0.25, 0.3) is 0 Å². The number of carbonyl (C=O) groups excluding carboxylic acids is 1. The number of nitrogens with zero attached hydrogens (tertiary/aromatic N) is 2. The normalized spacial score (nSPS) is 14.4. The predicted molar refractivity (Wildman–Crippen MR) is 110 cm³/mol. The van der Waals surface area contributed by atoms with Gasteiger partial charge in [0.05, 0.1) is 0 Å². The Morgan fingerprint density at radius 3 is 2.52 bits per heavy atom. The molecule has 144 valence electrons. The highest BCUT2D eigenvalue weighted by atomic mass is 35.5. The van der Waals surface area contributed by atoms with E-state index in [4.69, 9.17) is 5.73 Å². The fraction of sp³-hybridized carbons (Fsp3) is 0.611. The summed E-state index contributed by atoms with van der Waals surface area (Å²) in [4.78, 5) is 16.6. The number of piperazine rings is 1. The van der Waals surface area contributed by atoms with Gasteiger partial charge in [-0.15, -0.1) is 24.8 Å². The number of nitrogens with one attached hydrogen (secondary N) is 1. The van der Waals surface area contributed by atoms with Gasteiger partial charge in [-0.05, 0) is 44.0 Å². The highest BCUT2D eigenvalue weighted by molar-refractivity contribution is 5.85. The van der Waals surface area contributed by atoms with Crippen molar-refractivity contribution in [2.24, 2.45) is 5.73 Å². The number of benzene rings is 1. The molecule has 0 aromatic heterocycles. The third-order valence-corrected chi connectivity index (χ3v) is 4.35. The zero-order valence-electron chi connectivity index (χ0n) is 15.1. The van der Waals surface area contributed by atoms with E-state index in [1.807, 2.05) is 0 Å². The van der Waals surface area contributed by atoms with Crippen LogP contribution in [-0.2, 0) is 4.79 Å². The Morgan fingerprint density at radius 1 is 1.16 bits per heavy atom. The van der Waals surface area contributed by atoms with E-state index in [2.05, 4.69) is 46.3 Å². The second kappa shape index (κ2) is 13.2. The summed E-state index contributed by atoms with van der Waals surface area (Å²) in [7, 11) is 0. The van der Waals surface area contributed by atoms with Crippen LogP contribution in [0, 0.1) is 6.92 Å². The van der Waals surface area contributed by atoms with Crippen LogP contribution in [0.5, 0.6) is 0 Å². The standard InChI is InChI=1S/C18H30N4O.2ClH/c1-16-5-4-6-17(15-16)22-13-11-21(12-14-22)10-7-18(23)20-9-3-2-8-19;;/h4-6,15H,2-3,7-14,19H2,1H3,(H,20,23);2*1H. The molecule has 0 saturated carbocycles. The maximum Gasteiger partial charge on any atom is 0.221 e.